The molecular weight excluding hydrogens is 461 g/mol. The summed E-state index contributed by atoms with van der Waals surface area (Å²) in [6, 6.07) is 11.6. The van der Waals surface area contributed by atoms with Crippen LogP contribution in [0.1, 0.15) is 36.5 Å². The SMILES string of the molecule is CCOCCCNS(=O)(=O)c1ccc(NC(=O)C2CCN(C(=O)c3cccc(F)c3)CC2)cc1. The molecule has 2 N–H and O–H groups in total. The Bertz CT molecular complexity index is 1080. The fraction of sp³-hybridized carbons (Fsp3) is 0.417. The normalized spacial score (nSPS) is 14.7. The molecule has 2 aromatic carbocycles. The van der Waals surface area contributed by atoms with Gasteiger partial charge >= 0.3 is 0 Å². The maximum absolute atomic E-state index is 13.4. The topological polar surface area (TPSA) is 105 Å². The molecule has 0 saturated carbocycles. The summed E-state index contributed by atoms with van der Waals surface area (Å²) in [5.41, 5.74) is 0.792. The zero-order chi connectivity index (χ0) is 24.6. The first-order valence-corrected chi connectivity index (χ1v) is 12.8. The summed E-state index contributed by atoms with van der Waals surface area (Å²) in [5.74, 6) is -1.16. The highest BCUT2D eigenvalue weighted by atomic mass is 32.2. The number of carbonyl (C=O) groups excluding carboxylic acids is 2. The van der Waals surface area contributed by atoms with Crippen molar-refractivity contribution < 1.29 is 27.1 Å². The number of rotatable bonds is 10. The third-order valence-electron chi connectivity index (χ3n) is 5.62. The van der Waals surface area contributed by atoms with Gasteiger partial charge in [-0.25, -0.2) is 17.5 Å². The molecule has 34 heavy (non-hydrogen) atoms. The van der Waals surface area contributed by atoms with E-state index in [9.17, 15) is 22.4 Å². The number of likely N-dealkylation sites (tertiary alicyclic amines) is 1. The average Bonchev–Trinajstić information content (AvgIpc) is 2.84. The number of amides is 2. The third kappa shape index (κ3) is 7.09. The lowest BCUT2D eigenvalue weighted by molar-refractivity contribution is -0.121. The van der Waals surface area contributed by atoms with E-state index in [0.29, 0.717) is 56.8 Å². The van der Waals surface area contributed by atoms with E-state index in [-0.39, 0.29) is 29.2 Å². The van der Waals surface area contributed by atoms with Crippen LogP contribution in [0.3, 0.4) is 0 Å². The van der Waals surface area contributed by atoms with Gasteiger partial charge < -0.3 is 15.0 Å². The van der Waals surface area contributed by atoms with Crippen LogP contribution in [0.15, 0.2) is 53.4 Å². The van der Waals surface area contributed by atoms with E-state index < -0.39 is 15.8 Å². The number of carbonyl (C=O) groups is 2. The Hall–Kier alpha value is -2.82. The molecular formula is C24H30FN3O5S. The van der Waals surface area contributed by atoms with Crippen LogP contribution < -0.4 is 10.0 Å². The molecule has 10 heteroatoms. The van der Waals surface area contributed by atoms with Gasteiger partial charge in [0, 0.05) is 50.0 Å². The van der Waals surface area contributed by atoms with Crippen LogP contribution in [0.25, 0.3) is 0 Å². The Labute approximate surface area is 199 Å². The maximum atomic E-state index is 13.4. The number of hydrogen-bond acceptors (Lipinski definition) is 5. The second-order valence-corrected chi connectivity index (χ2v) is 9.81. The molecule has 0 radical (unpaired) electrons. The van der Waals surface area contributed by atoms with Crippen LogP contribution in [-0.4, -0.2) is 58.0 Å². The molecule has 0 aliphatic carbocycles. The first kappa shape index (κ1) is 25.8. The van der Waals surface area contributed by atoms with Gasteiger partial charge in [-0.15, -0.1) is 0 Å². The van der Waals surface area contributed by atoms with Crippen molar-refractivity contribution in [1.29, 1.82) is 0 Å². The Kier molecular flexibility index (Phi) is 9.14. The maximum Gasteiger partial charge on any atom is 0.253 e. The van der Waals surface area contributed by atoms with E-state index in [0.717, 1.165) is 0 Å². The van der Waals surface area contributed by atoms with Gasteiger partial charge in [0.05, 0.1) is 4.90 Å². The van der Waals surface area contributed by atoms with Crippen LogP contribution in [-0.2, 0) is 19.6 Å². The van der Waals surface area contributed by atoms with Crippen molar-refractivity contribution in [1.82, 2.24) is 9.62 Å². The van der Waals surface area contributed by atoms with Crippen molar-refractivity contribution in [2.45, 2.75) is 31.1 Å². The Morgan fingerprint density at radius 2 is 1.82 bits per heavy atom. The largest absolute Gasteiger partial charge is 0.382 e. The van der Waals surface area contributed by atoms with Gasteiger partial charge in [-0.3, -0.25) is 9.59 Å². The summed E-state index contributed by atoms with van der Waals surface area (Å²) in [5, 5.41) is 2.82. The van der Waals surface area contributed by atoms with Crippen molar-refractivity contribution in [3.63, 3.8) is 0 Å². The van der Waals surface area contributed by atoms with E-state index in [2.05, 4.69) is 10.0 Å². The number of sulfonamides is 1. The van der Waals surface area contributed by atoms with Gasteiger partial charge in [-0.2, -0.15) is 0 Å². The summed E-state index contributed by atoms with van der Waals surface area (Å²) >= 11 is 0. The van der Waals surface area contributed by atoms with Gasteiger partial charge in [-0.1, -0.05) is 6.07 Å². The summed E-state index contributed by atoms with van der Waals surface area (Å²) < 4.78 is 45.8. The number of halogens is 1. The summed E-state index contributed by atoms with van der Waals surface area (Å²) in [6.07, 6.45) is 1.56. The molecule has 1 fully saturated rings. The number of nitrogens with zero attached hydrogens (tertiary/aromatic N) is 1. The first-order valence-electron chi connectivity index (χ1n) is 11.3. The van der Waals surface area contributed by atoms with Gasteiger partial charge in [-0.05, 0) is 68.7 Å². The molecule has 1 aliphatic heterocycles. The minimum Gasteiger partial charge on any atom is -0.382 e. The Morgan fingerprint density at radius 1 is 1.12 bits per heavy atom. The number of hydrogen-bond donors (Lipinski definition) is 2. The molecule has 0 spiro atoms. The lowest BCUT2D eigenvalue weighted by Crippen LogP contribution is -2.41. The fourth-order valence-electron chi connectivity index (χ4n) is 3.72. The highest BCUT2D eigenvalue weighted by molar-refractivity contribution is 7.89. The van der Waals surface area contributed by atoms with Crippen molar-refractivity contribution >= 4 is 27.5 Å². The van der Waals surface area contributed by atoms with Crippen molar-refractivity contribution in [3.05, 3.63) is 59.9 Å². The lowest BCUT2D eigenvalue weighted by Gasteiger charge is -2.31. The average molecular weight is 492 g/mol. The van der Waals surface area contributed by atoms with Gasteiger partial charge in [0.1, 0.15) is 5.82 Å². The standard InChI is InChI=1S/C24H30FN3O5S/c1-2-33-16-4-13-26-34(31,32)22-9-7-21(8-10-22)27-23(29)18-11-14-28(15-12-18)24(30)19-5-3-6-20(25)17-19/h3,5-10,17-18,26H,2,4,11-16H2,1H3,(H,27,29). The van der Waals surface area contributed by atoms with Crippen LogP contribution in [0.2, 0.25) is 0 Å². The second-order valence-electron chi connectivity index (χ2n) is 8.04. The second kappa shape index (κ2) is 12.0. The number of benzene rings is 2. The van der Waals surface area contributed by atoms with Crippen molar-refractivity contribution in [2.75, 3.05) is 38.2 Å². The molecule has 184 valence electrons. The molecule has 0 bridgehead atoms. The van der Waals surface area contributed by atoms with E-state index in [1.54, 1.807) is 23.1 Å². The minimum absolute atomic E-state index is 0.117. The van der Waals surface area contributed by atoms with Gasteiger partial charge in [0.2, 0.25) is 15.9 Å². The number of nitrogens with one attached hydrogen (secondary N) is 2. The zero-order valence-electron chi connectivity index (χ0n) is 19.1. The molecule has 0 atom stereocenters. The van der Waals surface area contributed by atoms with Crippen LogP contribution >= 0.6 is 0 Å². The Balaban J connectivity index is 1.48. The number of ether oxygens (including phenoxy) is 1. The van der Waals surface area contributed by atoms with E-state index in [1.165, 1.54) is 30.3 Å². The summed E-state index contributed by atoms with van der Waals surface area (Å²) in [6.45, 7) is 4.04. The van der Waals surface area contributed by atoms with Gasteiger partial charge in [0.25, 0.3) is 5.91 Å². The monoisotopic (exact) mass is 491 g/mol. The Morgan fingerprint density at radius 3 is 2.47 bits per heavy atom. The molecule has 3 rings (SSSR count). The summed E-state index contributed by atoms with van der Waals surface area (Å²) in [7, 11) is -3.63. The molecule has 0 aromatic heterocycles. The lowest BCUT2D eigenvalue weighted by atomic mass is 9.95. The van der Waals surface area contributed by atoms with Crippen LogP contribution in [0, 0.1) is 11.7 Å². The molecule has 1 heterocycles. The zero-order valence-corrected chi connectivity index (χ0v) is 19.9. The predicted octanol–water partition coefficient (Wildman–Crippen LogP) is 3.02. The molecule has 2 amide bonds. The highest BCUT2D eigenvalue weighted by Gasteiger charge is 2.28. The van der Waals surface area contributed by atoms with Crippen LogP contribution in [0.4, 0.5) is 10.1 Å². The molecule has 2 aromatic rings. The number of anilines is 1. The minimum atomic E-state index is -3.63. The van der Waals surface area contributed by atoms with E-state index in [1.807, 2.05) is 6.92 Å². The number of piperidine rings is 1. The van der Waals surface area contributed by atoms with Crippen molar-refractivity contribution in [2.24, 2.45) is 5.92 Å². The fourth-order valence-corrected chi connectivity index (χ4v) is 4.79. The quantitative estimate of drug-likeness (QED) is 0.497. The first-order chi connectivity index (χ1) is 16.3. The van der Waals surface area contributed by atoms with E-state index in [4.69, 9.17) is 4.74 Å². The molecule has 8 nitrogen and oxygen atoms in total. The van der Waals surface area contributed by atoms with Crippen LogP contribution in [0.5, 0.6) is 0 Å². The molecule has 1 aliphatic rings. The smallest absolute Gasteiger partial charge is 0.253 e. The van der Waals surface area contributed by atoms with Gasteiger partial charge in [0.15, 0.2) is 0 Å². The molecule has 1 saturated heterocycles. The van der Waals surface area contributed by atoms with E-state index >= 15 is 0 Å². The predicted molar refractivity (Wildman–Crippen MR) is 126 cm³/mol. The third-order valence-corrected chi connectivity index (χ3v) is 7.10. The highest BCUT2D eigenvalue weighted by Crippen LogP contribution is 2.22. The summed E-state index contributed by atoms with van der Waals surface area (Å²) in [4.78, 5) is 26.9. The van der Waals surface area contributed by atoms with Crippen molar-refractivity contribution in [3.8, 4) is 0 Å². The molecule has 0 unspecified atom stereocenters.